The highest BCUT2D eigenvalue weighted by Crippen LogP contribution is 2.26. The molecule has 1 aromatic rings. The van der Waals surface area contributed by atoms with Crippen molar-refractivity contribution in [2.75, 3.05) is 0 Å². The number of phenols is 1. The third kappa shape index (κ3) is 1.81. The first kappa shape index (κ1) is 8.71. The summed E-state index contributed by atoms with van der Waals surface area (Å²) in [5.41, 5.74) is 8.14. The summed E-state index contributed by atoms with van der Waals surface area (Å²) in [6.45, 7) is 2.08. The van der Waals surface area contributed by atoms with E-state index in [-0.39, 0.29) is 5.75 Å². The van der Waals surface area contributed by atoms with Gasteiger partial charge in [0.05, 0.1) is 0 Å². The van der Waals surface area contributed by atoms with Crippen molar-refractivity contribution in [3.05, 3.63) is 23.8 Å². The Kier molecular flexibility index (Phi) is 2.80. The SMILES string of the molecule is CCCc1ccc(N=N)c(O)c1. The van der Waals surface area contributed by atoms with Crippen molar-refractivity contribution in [3.8, 4) is 5.75 Å². The molecule has 0 spiro atoms. The van der Waals surface area contributed by atoms with Gasteiger partial charge in [-0.1, -0.05) is 19.4 Å². The van der Waals surface area contributed by atoms with Crippen molar-refractivity contribution in [1.82, 2.24) is 0 Å². The zero-order valence-electron chi connectivity index (χ0n) is 7.04. The zero-order valence-corrected chi connectivity index (χ0v) is 7.04. The number of nitrogens with one attached hydrogen (secondary N) is 1. The summed E-state index contributed by atoms with van der Waals surface area (Å²) in [5.74, 6) is 0.0935. The van der Waals surface area contributed by atoms with Crippen molar-refractivity contribution in [3.63, 3.8) is 0 Å². The maximum atomic E-state index is 9.30. The smallest absolute Gasteiger partial charge is 0.143 e. The second-order valence-electron chi connectivity index (χ2n) is 2.68. The van der Waals surface area contributed by atoms with Gasteiger partial charge in [-0.2, -0.15) is 5.11 Å². The van der Waals surface area contributed by atoms with Gasteiger partial charge >= 0.3 is 0 Å². The maximum Gasteiger partial charge on any atom is 0.143 e. The fraction of sp³-hybridized carbons (Fsp3) is 0.333. The maximum absolute atomic E-state index is 9.30. The van der Waals surface area contributed by atoms with E-state index in [9.17, 15) is 5.11 Å². The van der Waals surface area contributed by atoms with E-state index < -0.39 is 0 Å². The van der Waals surface area contributed by atoms with Crippen LogP contribution in [0.4, 0.5) is 5.69 Å². The number of aromatic hydroxyl groups is 1. The molecule has 0 aliphatic rings. The molecule has 0 bridgehead atoms. The minimum absolute atomic E-state index is 0.0935. The molecule has 1 rings (SSSR count). The van der Waals surface area contributed by atoms with Crippen molar-refractivity contribution in [2.24, 2.45) is 5.11 Å². The molecule has 2 N–H and O–H groups in total. The van der Waals surface area contributed by atoms with Gasteiger partial charge in [0.15, 0.2) is 0 Å². The summed E-state index contributed by atoms with van der Waals surface area (Å²) in [4.78, 5) is 0. The minimum atomic E-state index is 0.0935. The van der Waals surface area contributed by atoms with Crippen LogP contribution in [0.25, 0.3) is 0 Å². The van der Waals surface area contributed by atoms with Gasteiger partial charge in [0.2, 0.25) is 0 Å². The topological polar surface area (TPSA) is 56.4 Å². The van der Waals surface area contributed by atoms with Crippen LogP contribution in [0, 0.1) is 5.53 Å². The quantitative estimate of drug-likeness (QED) is 0.663. The number of aryl methyl sites for hydroxylation is 1. The molecule has 0 fully saturated rings. The van der Waals surface area contributed by atoms with Crippen LogP contribution in [0.2, 0.25) is 0 Å². The van der Waals surface area contributed by atoms with Crippen molar-refractivity contribution in [2.45, 2.75) is 19.8 Å². The normalized spacial score (nSPS) is 9.75. The van der Waals surface area contributed by atoms with Crippen LogP contribution in [0.1, 0.15) is 18.9 Å². The molecule has 0 amide bonds. The van der Waals surface area contributed by atoms with E-state index in [1.165, 1.54) is 0 Å². The van der Waals surface area contributed by atoms with Gasteiger partial charge in [-0.05, 0) is 24.1 Å². The predicted octanol–water partition coefficient (Wildman–Crippen LogP) is 3.01. The lowest BCUT2D eigenvalue weighted by molar-refractivity contribution is 0.475. The molecule has 0 unspecified atom stereocenters. The van der Waals surface area contributed by atoms with E-state index >= 15 is 0 Å². The van der Waals surface area contributed by atoms with E-state index in [1.54, 1.807) is 12.1 Å². The molecule has 0 saturated carbocycles. The fourth-order valence-electron chi connectivity index (χ4n) is 1.11. The van der Waals surface area contributed by atoms with E-state index in [1.807, 2.05) is 6.07 Å². The lowest BCUT2D eigenvalue weighted by atomic mass is 10.1. The Morgan fingerprint density at radius 3 is 2.75 bits per heavy atom. The lowest BCUT2D eigenvalue weighted by Gasteiger charge is -2.00. The summed E-state index contributed by atoms with van der Waals surface area (Å²) >= 11 is 0. The number of hydrogen-bond acceptors (Lipinski definition) is 3. The van der Waals surface area contributed by atoms with Crippen molar-refractivity contribution >= 4 is 5.69 Å². The van der Waals surface area contributed by atoms with Crippen LogP contribution < -0.4 is 0 Å². The monoisotopic (exact) mass is 164 g/mol. The second kappa shape index (κ2) is 3.85. The molecule has 3 heteroatoms. The second-order valence-corrected chi connectivity index (χ2v) is 2.68. The van der Waals surface area contributed by atoms with Crippen LogP contribution >= 0.6 is 0 Å². The molecular weight excluding hydrogens is 152 g/mol. The van der Waals surface area contributed by atoms with Crippen molar-refractivity contribution < 1.29 is 5.11 Å². The Balaban J connectivity index is 2.93. The van der Waals surface area contributed by atoms with Gasteiger partial charge in [0, 0.05) is 0 Å². The molecule has 1 aromatic carbocycles. The van der Waals surface area contributed by atoms with Gasteiger partial charge in [-0.3, -0.25) is 0 Å². The Labute approximate surface area is 71.6 Å². The number of hydrogen-bond donors (Lipinski definition) is 2. The number of phenolic OH excluding ortho intramolecular Hbond substituents is 1. The summed E-state index contributed by atoms with van der Waals surface area (Å²) in [6, 6.07) is 5.21. The van der Waals surface area contributed by atoms with Crippen LogP contribution in [0.3, 0.4) is 0 Å². The Bertz CT molecular complexity index is 284. The number of nitrogens with zero attached hydrogens (tertiary/aromatic N) is 1. The molecule has 0 aliphatic carbocycles. The predicted molar refractivity (Wildman–Crippen MR) is 46.9 cm³/mol. The molecule has 0 saturated heterocycles. The van der Waals surface area contributed by atoms with Crippen LogP contribution in [0.5, 0.6) is 5.75 Å². The minimum Gasteiger partial charge on any atom is -0.506 e. The van der Waals surface area contributed by atoms with E-state index in [0.29, 0.717) is 5.69 Å². The third-order valence-electron chi connectivity index (χ3n) is 1.70. The Hall–Kier alpha value is -1.38. The first-order chi connectivity index (χ1) is 5.77. The molecule has 12 heavy (non-hydrogen) atoms. The van der Waals surface area contributed by atoms with Crippen LogP contribution in [-0.4, -0.2) is 5.11 Å². The highest BCUT2D eigenvalue weighted by atomic mass is 16.3. The molecule has 0 radical (unpaired) electrons. The third-order valence-corrected chi connectivity index (χ3v) is 1.70. The van der Waals surface area contributed by atoms with Gasteiger partial charge in [0.1, 0.15) is 11.4 Å². The summed E-state index contributed by atoms with van der Waals surface area (Å²) in [6.07, 6.45) is 2.00. The number of rotatable bonds is 3. The zero-order chi connectivity index (χ0) is 8.97. The Morgan fingerprint density at radius 2 is 2.25 bits per heavy atom. The standard InChI is InChI=1S/C9H12N2O/c1-2-3-7-4-5-8(11-10)9(12)6-7/h4-6,10,12H,2-3H2,1H3. The lowest BCUT2D eigenvalue weighted by Crippen LogP contribution is -1.81. The average Bonchev–Trinajstić information content (AvgIpc) is 2.05. The van der Waals surface area contributed by atoms with E-state index in [0.717, 1.165) is 18.4 Å². The van der Waals surface area contributed by atoms with E-state index in [2.05, 4.69) is 12.0 Å². The van der Waals surface area contributed by atoms with Crippen LogP contribution in [0.15, 0.2) is 23.3 Å². The van der Waals surface area contributed by atoms with Gasteiger partial charge < -0.3 is 5.11 Å². The number of benzene rings is 1. The summed E-state index contributed by atoms with van der Waals surface area (Å²) in [7, 11) is 0. The average molecular weight is 164 g/mol. The highest BCUT2D eigenvalue weighted by molar-refractivity contribution is 5.51. The largest absolute Gasteiger partial charge is 0.506 e. The van der Waals surface area contributed by atoms with Crippen molar-refractivity contribution in [1.29, 1.82) is 5.53 Å². The van der Waals surface area contributed by atoms with Gasteiger partial charge in [-0.25, -0.2) is 5.53 Å². The van der Waals surface area contributed by atoms with Crippen LogP contribution in [-0.2, 0) is 6.42 Å². The first-order valence-corrected chi connectivity index (χ1v) is 3.97. The Morgan fingerprint density at radius 1 is 1.50 bits per heavy atom. The van der Waals surface area contributed by atoms with E-state index in [4.69, 9.17) is 5.53 Å². The summed E-state index contributed by atoms with van der Waals surface area (Å²) in [5, 5.41) is 12.5. The molecule has 0 heterocycles. The molecule has 0 aromatic heterocycles. The fourth-order valence-corrected chi connectivity index (χ4v) is 1.11. The molecule has 64 valence electrons. The summed E-state index contributed by atoms with van der Waals surface area (Å²) < 4.78 is 0. The molecule has 3 nitrogen and oxygen atoms in total. The first-order valence-electron chi connectivity index (χ1n) is 3.97. The van der Waals surface area contributed by atoms with Gasteiger partial charge in [-0.15, -0.1) is 0 Å². The molecule has 0 aliphatic heterocycles. The highest BCUT2D eigenvalue weighted by Gasteiger charge is 1.99. The molecular formula is C9H12N2O. The molecule has 0 atom stereocenters. The van der Waals surface area contributed by atoms with Gasteiger partial charge in [0.25, 0.3) is 0 Å².